The van der Waals surface area contributed by atoms with Crippen molar-refractivity contribution in [2.24, 2.45) is 0 Å². The van der Waals surface area contributed by atoms with Gasteiger partial charge < -0.3 is 28.7 Å². The number of hydrogen-bond donors (Lipinski definition) is 0. The Labute approximate surface area is 183 Å². The molecule has 0 N–H and O–H groups in total. The Balaban J connectivity index is 2.03. The van der Waals surface area contributed by atoms with Crippen LogP contribution < -0.4 is 9.47 Å². The van der Waals surface area contributed by atoms with Gasteiger partial charge in [0.2, 0.25) is 11.8 Å². The lowest BCUT2D eigenvalue weighted by atomic mass is 9.98. The Morgan fingerprint density at radius 3 is 2.32 bits per heavy atom. The number of ether oxygens (including phenoxy) is 4. The third-order valence-electron chi connectivity index (χ3n) is 5.16. The first-order chi connectivity index (χ1) is 14.9. The maximum Gasteiger partial charge on any atom is 0.306 e. The lowest BCUT2D eigenvalue weighted by Gasteiger charge is -2.32. The van der Waals surface area contributed by atoms with Crippen LogP contribution in [-0.4, -0.2) is 81.8 Å². The van der Waals surface area contributed by atoms with E-state index in [2.05, 4.69) is 0 Å². The number of amides is 2. The maximum atomic E-state index is 12.9. The zero-order chi connectivity index (χ0) is 22.8. The first-order valence-electron chi connectivity index (χ1n) is 10.4. The second-order valence-electron chi connectivity index (χ2n) is 7.15. The molecule has 1 aromatic rings. The molecule has 0 radical (unpaired) electrons. The molecule has 1 aromatic carbocycles. The van der Waals surface area contributed by atoms with E-state index >= 15 is 0 Å². The standard InChI is InChI=1S/C22H32N2O7/c1-5-31-22(27)7-6-20(25)24(10-11-28-2)15-21(26)23-9-8-16-12-18(29-3)19(30-4)13-17(16)14-23/h12-13H,5-11,14-15H2,1-4H3. The van der Waals surface area contributed by atoms with Crippen molar-refractivity contribution in [1.82, 2.24) is 9.80 Å². The fraction of sp³-hybridized carbons (Fsp3) is 0.591. The Hall–Kier alpha value is -2.81. The lowest BCUT2D eigenvalue weighted by molar-refractivity contribution is -0.146. The second kappa shape index (κ2) is 12.1. The first-order valence-corrected chi connectivity index (χ1v) is 10.4. The summed E-state index contributed by atoms with van der Waals surface area (Å²) in [7, 11) is 4.70. The number of carbonyl (C=O) groups is 3. The summed E-state index contributed by atoms with van der Waals surface area (Å²) in [6.45, 7) is 3.49. The molecule has 0 saturated carbocycles. The largest absolute Gasteiger partial charge is 0.493 e. The maximum absolute atomic E-state index is 12.9. The summed E-state index contributed by atoms with van der Waals surface area (Å²) in [5, 5.41) is 0. The van der Waals surface area contributed by atoms with E-state index in [4.69, 9.17) is 18.9 Å². The van der Waals surface area contributed by atoms with E-state index in [0.717, 1.165) is 11.1 Å². The average molecular weight is 437 g/mol. The van der Waals surface area contributed by atoms with Crippen LogP contribution in [0.25, 0.3) is 0 Å². The van der Waals surface area contributed by atoms with Crippen molar-refractivity contribution >= 4 is 17.8 Å². The lowest BCUT2D eigenvalue weighted by Crippen LogP contribution is -2.45. The predicted octanol–water partition coefficient (Wildman–Crippen LogP) is 1.41. The molecule has 0 aliphatic carbocycles. The molecule has 0 unspecified atom stereocenters. The van der Waals surface area contributed by atoms with Crippen LogP contribution in [0.3, 0.4) is 0 Å². The highest BCUT2D eigenvalue weighted by Gasteiger charge is 2.26. The summed E-state index contributed by atoms with van der Waals surface area (Å²) in [4.78, 5) is 40.3. The number of esters is 1. The highest BCUT2D eigenvalue weighted by molar-refractivity contribution is 5.86. The van der Waals surface area contributed by atoms with E-state index in [0.29, 0.717) is 37.6 Å². The van der Waals surface area contributed by atoms with Crippen molar-refractivity contribution < 1.29 is 33.3 Å². The molecule has 1 heterocycles. The van der Waals surface area contributed by atoms with Crippen LogP contribution >= 0.6 is 0 Å². The SMILES string of the molecule is CCOC(=O)CCC(=O)N(CCOC)CC(=O)N1CCc2cc(OC)c(OC)cc2C1. The molecule has 172 valence electrons. The molecule has 0 spiro atoms. The van der Waals surface area contributed by atoms with Gasteiger partial charge in [0.15, 0.2) is 11.5 Å². The van der Waals surface area contributed by atoms with Gasteiger partial charge in [-0.2, -0.15) is 0 Å². The van der Waals surface area contributed by atoms with Crippen molar-refractivity contribution in [2.45, 2.75) is 32.7 Å². The molecule has 2 rings (SSSR count). The van der Waals surface area contributed by atoms with Gasteiger partial charge in [0, 0.05) is 33.2 Å². The number of rotatable bonds is 11. The Morgan fingerprint density at radius 2 is 1.71 bits per heavy atom. The molecule has 0 aromatic heterocycles. The smallest absolute Gasteiger partial charge is 0.306 e. The highest BCUT2D eigenvalue weighted by Crippen LogP contribution is 2.33. The minimum absolute atomic E-state index is 0.00431. The van der Waals surface area contributed by atoms with Crippen LogP contribution in [-0.2, 0) is 36.8 Å². The molecule has 0 saturated heterocycles. The van der Waals surface area contributed by atoms with Gasteiger partial charge in [-0.25, -0.2) is 0 Å². The van der Waals surface area contributed by atoms with Gasteiger partial charge in [-0.3, -0.25) is 14.4 Å². The fourth-order valence-electron chi connectivity index (χ4n) is 3.45. The summed E-state index contributed by atoms with van der Waals surface area (Å²) in [5.41, 5.74) is 2.11. The minimum Gasteiger partial charge on any atom is -0.493 e. The number of methoxy groups -OCH3 is 3. The van der Waals surface area contributed by atoms with Crippen LogP contribution in [0.5, 0.6) is 11.5 Å². The molecule has 1 aliphatic heterocycles. The Bertz CT molecular complexity index is 781. The third kappa shape index (κ3) is 6.85. The number of carbonyl (C=O) groups excluding carboxylic acids is 3. The van der Waals surface area contributed by atoms with Gasteiger partial charge in [0.25, 0.3) is 0 Å². The van der Waals surface area contributed by atoms with Crippen LogP contribution in [0.15, 0.2) is 12.1 Å². The predicted molar refractivity (Wildman–Crippen MR) is 113 cm³/mol. The Kier molecular flexibility index (Phi) is 9.58. The molecule has 0 bridgehead atoms. The van der Waals surface area contributed by atoms with Crippen molar-refractivity contribution in [3.63, 3.8) is 0 Å². The van der Waals surface area contributed by atoms with Crippen LogP contribution in [0.1, 0.15) is 30.9 Å². The van der Waals surface area contributed by atoms with Gasteiger partial charge in [-0.05, 0) is 36.6 Å². The Morgan fingerprint density at radius 1 is 1.03 bits per heavy atom. The number of hydrogen-bond acceptors (Lipinski definition) is 7. The zero-order valence-electron chi connectivity index (χ0n) is 18.8. The molecule has 0 atom stereocenters. The number of benzene rings is 1. The van der Waals surface area contributed by atoms with Crippen LogP contribution in [0.4, 0.5) is 0 Å². The second-order valence-corrected chi connectivity index (χ2v) is 7.15. The number of fused-ring (bicyclic) bond motifs is 1. The average Bonchev–Trinajstić information content (AvgIpc) is 2.78. The first kappa shape index (κ1) is 24.5. The summed E-state index contributed by atoms with van der Waals surface area (Å²) < 4.78 is 20.7. The summed E-state index contributed by atoms with van der Waals surface area (Å²) in [6, 6.07) is 3.83. The normalized spacial score (nSPS) is 12.7. The van der Waals surface area contributed by atoms with E-state index in [1.807, 2.05) is 12.1 Å². The molecular formula is C22H32N2O7. The zero-order valence-corrected chi connectivity index (χ0v) is 18.8. The van der Waals surface area contributed by atoms with E-state index in [1.54, 1.807) is 26.0 Å². The number of nitrogens with zero attached hydrogens (tertiary/aromatic N) is 2. The summed E-state index contributed by atoms with van der Waals surface area (Å²) >= 11 is 0. The van der Waals surface area contributed by atoms with Crippen LogP contribution in [0.2, 0.25) is 0 Å². The molecule has 1 aliphatic rings. The van der Waals surface area contributed by atoms with Gasteiger partial charge >= 0.3 is 5.97 Å². The quantitative estimate of drug-likeness (QED) is 0.484. The van der Waals surface area contributed by atoms with Gasteiger partial charge in [-0.15, -0.1) is 0 Å². The molecular weight excluding hydrogens is 404 g/mol. The van der Waals surface area contributed by atoms with E-state index in [-0.39, 0.29) is 44.4 Å². The van der Waals surface area contributed by atoms with Crippen molar-refractivity contribution in [3.8, 4) is 11.5 Å². The van der Waals surface area contributed by atoms with Gasteiger partial charge in [-0.1, -0.05) is 0 Å². The van der Waals surface area contributed by atoms with Crippen molar-refractivity contribution in [1.29, 1.82) is 0 Å². The van der Waals surface area contributed by atoms with Gasteiger partial charge in [0.05, 0.1) is 40.4 Å². The molecule has 31 heavy (non-hydrogen) atoms. The highest BCUT2D eigenvalue weighted by atomic mass is 16.5. The van der Waals surface area contributed by atoms with E-state index in [1.165, 1.54) is 12.0 Å². The minimum atomic E-state index is -0.425. The summed E-state index contributed by atoms with van der Waals surface area (Å²) in [6.07, 6.45) is 0.676. The van der Waals surface area contributed by atoms with Crippen molar-refractivity contribution in [2.75, 3.05) is 54.2 Å². The molecule has 0 fully saturated rings. The third-order valence-corrected chi connectivity index (χ3v) is 5.16. The molecule has 9 heteroatoms. The van der Waals surface area contributed by atoms with E-state index < -0.39 is 5.97 Å². The summed E-state index contributed by atoms with van der Waals surface area (Å²) in [5.74, 6) is 0.430. The molecule has 9 nitrogen and oxygen atoms in total. The monoisotopic (exact) mass is 436 g/mol. The molecule has 2 amide bonds. The van der Waals surface area contributed by atoms with Gasteiger partial charge in [0.1, 0.15) is 0 Å². The van der Waals surface area contributed by atoms with Crippen molar-refractivity contribution in [3.05, 3.63) is 23.3 Å². The fourth-order valence-corrected chi connectivity index (χ4v) is 3.45. The van der Waals surface area contributed by atoms with Crippen LogP contribution in [0, 0.1) is 0 Å². The van der Waals surface area contributed by atoms with E-state index in [9.17, 15) is 14.4 Å². The topological polar surface area (TPSA) is 94.6 Å².